The van der Waals surface area contributed by atoms with Gasteiger partial charge in [0, 0.05) is 58.1 Å². The second-order valence-corrected chi connectivity index (χ2v) is 13.1. The largest absolute Gasteiger partial charge is 0.417 e. The molecule has 54 heavy (non-hydrogen) atoms. The lowest BCUT2D eigenvalue weighted by molar-refractivity contribution is -0.143. The van der Waals surface area contributed by atoms with Crippen LogP contribution >= 0.6 is 0 Å². The molecular formula is C38H38F12N4. The Hall–Kier alpha value is -4.18. The Balaban J connectivity index is 1.18. The van der Waals surface area contributed by atoms with Crippen LogP contribution in [0.3, 0.4) is 0 Å². The smallest absolute Gasteiger partial charge is 0.326 e. The van der Waals surface area contributed by atoms with E-state index in [1.165, 1.54) is 24.3 Å². The highest BCUT2D eigenvalue weighted by atomic mass is 19.4. The Morgan fingerprint density at radius 2 is 0.741 bits per heavy atom. The molecule has 2 heterocycles. The maximum atomic E-state index is 13.5. The zero-order chi connectivity index (χ0) is 39.9. The fraction of sp³-hybridized carbons (Fsp3) is 0.421. The third-order valence-corrected chi connectivity index (χ3v) is 9.07. The predicted octanol–water partition coefficient (Wildman–Crippen LogP) is 11.4. The van der Waals surface area contributed by atoms with Gasteiger partial charge in [-0.15, -0.1) is 0 Å². The third kappa shape index (κ3) is 11.4. The van der Waals surface area contributed by atoms with E-state index in [9.17, 15) is 52.7 Å². The van der Waals surface area contributed by atoms with Crippen molar-refractivity contribution >= 4 is 0 Å². The fourth-order valence-electron chi connectivity index (χ4n) is 6.27. The van der Waals surface area contributed by atoms with E-state index in [0.717, 1.165) is 50.2 Å². The molecule has 2 aromatic carbocycles. The van der Waals surface area contributed by atoms with Crippen LogP contribution in [0.15, 0.2) is 73.1 Å². The van der Waals surface area contributed by atoms with Gasteiger partial charge in [-0.25, -0.2) is 0 Å². The summed E-state index contributed by atoms with van der Waals surface area (Å²) >= 11 is 0. The first-order valence-corrected chi connectivity index (χ1v) is 17.1. The average molecular weight is 779 g/mol. The minimum Gasteiger partial charge on any atom is -0.326 e. The van der Waals surface area contributed by atoms with E-state index in [1.807, 2.05) is 0 Å². The van der Waals surface area contributed by atoms with E-state index >= 15 is 0 Å². The van der Waals surface area contributed by atoms with Gasteiger partial charge in [-0.1, -0.05) is 49.9 Å². The molecule has 0 aliphatic heterocycles. The first kappa shape index (κ1) is 42.6. The maximum Gasteiger partial charge on any atom is 0.417 e. The number of aromatic nitrogens is 2. The van der Waals surface area contributed by atoms with Crippen LogP contribution in [-0.2, 0) is 37.5 Å². The summed E-state index contributed by atoms with van der Waals surface area (Å²) in [6.45, 7) is 0. The van der Waals surface area contributed by atoms with Crippen molar-refractivity contribution in [1.82, 2.24) is 9.97 Å². The summed E-state index contributed by atoms with van der Waals surface area (Å²) in [6.07, 6.45) is -11.5. The maximum absolute atomic E-state index is 13.5. The molecule has 0 aliphatic rings. The molecule has 0 spiro atoms. The quantitative estimate of drug-likeness (QED) is 0.0931. The normalized spacial score (nSPS) is 14.0. The summed E-state index contributed by atoms with van der Waals surface area (Å²) in [4.78, 5) is 8.22. The molecule has 4 rings (SSSR count). The zero-order valence-corrected chi connectivity index (χ0v) is 28.7. The number of alkyl halides is 12. The van der Waals surface area contributed by atoms with Gasteiger partial charge < -0.3 is 11.5 Å². The lowest BCUT2D eigenvalue weighted by Gasteiger charge is -2.20. The third-order valence-electron chi connectivity index (χ3n) is 9.07. The lowest BCUT2D eigenvalue weighted by atomic mass is 9.94. The van der Waals surface area contributed by atoms with Crippen molar-refractivity contribution < 1.29 is 52.7 Å². The molecule has 0 unspecified atom stereocenters. The standard InChI is InChI=1S/C38H38F12N4/c39-35(40,41)27-11-7-12-28(36(42,43)44)33(27)23-17-19-25(53-21-23)9-3-1-5-15-31(51)32(52)16-6-2-4-10-26-20-18-24(22-54-26)34-29(37(45,46)47)13-8-14-30(34)38(48,49)50/h7-8,11-14,17-22,31-32H,1-6,9-10,15-16,51-52H2/t31-,32-/m0/s1. The molecule has 0 bridgehead atoms. The Kier molecular flexibility index (Phi) is 13.8. The number of hydrogen-bond acceptors (Lipinski definition) is 4. The van der Waals surface area contributed by atoms with Gasteiger partial charge in [0.15, 0.2) is 0 Å². The van der Waals surface area contributed by atoms with Gasteiger partial charge in [0.25, 0.3) is 0 Å². The van der Waals surface area contributed by atoms with Crippen molar-refractivity contribution in [3.05, 3.63) is 107 Å². The molecule has 4 nitrogen and oxygen atoms in total. The van der Waals surface area contributed by atoms with Crippen molar-refractivity contribution in [1.29, 1.82) is 0 Å². The number of halogens is 12. The van der Waals surface area contributed by atoms with Gasteiger partial charge in [0.1, 0.15) is 0 Å². The molecule has 0 aliphatic carbocycles. The van der Waals surface area contributed by atoms with Gasteiger partial charge in [-0.3, -0.25) is 9.97 Å². The Bertz CT molecular complexity index is 1600. The molecule has 0 amide bonds. The number of nitrogens with two attached hydrogens (primary N) is 2. The summed E-state index contributed by atoms with van der Waals surface area (Å²) < 4.78 is 163. The molecule has 16 heteroatoms. The van der Waals surface area contributed by atoms with E-state index in [1.54, 1.807) is 0 Å². The van der Waals surface area contributed by atoms with Gasteiger partial charge in [-0.2, -0.15) is 52.7 Å². The van der Waals surface area contributed by atoms with Gasteiger partial charge in [0.2, 0.25) is 0 Å². The van der Waals surface area contributed by atoms with Crippen molar-refractivity contribution in [2.75, 3.05) is 0 Å². The Morgan fingerprint density at radius 1 is 0.426 bits per heavy atom. The summed E-state index contributed by atoms with van der Waals surface area (Å²) in [5.41, 5.74) is 5.49. The van der Waals surface area contributed by atoms with E-state index in [0.29, 0.717) is 74.2 Å². The molecule has 2 atom stereocenters. The van der Waals surface area contributed by atoms with Crippen molar-refractivity contribution in [3.8, 4) is 22.3 Å². The van der Waals surface area contributed by atoms with Crippen LogP contribution in [0.2, 0.25) is 0 Å². The van der Waals surface area contributed by atoms with Crippen molar-refractivity contribution in [3.63, 3.8) is 0 Å². The number of benzene rings is 2. The number of rotatable bonds is 15. The molecule has 4 N–H and O–H groups in total. The molecule has 0 radical (unpaired) electrons. The highest BCUT2D eigenvalue weighted by Gasteiger charge is 2.42. The van der Waals surface area contributed by atoms with Crippen LogP contribution in [0.4, 0.5) is 52.7 Å². The van der Waals surface area contributed by atoms with E-state index in [4.69, 9.17) is 11.5 Å². The summed E-state index contributed by atoms with van der Waals surface area (Å²) in [5, 5.41) is 0. The number of hydrogen-bond donors (Lipinski definition) is 2. The van der Waals surface area contributed by atoms with Crippen LogP contribution in [0.25, 0.3) is 22.3 Å². The molecule has 0 fully saturated rings. The Labute approximate surface area is 304 Å². The lowest BCUT2D eigenvalue weighted by Crippen LogP contribution is -2.41. The minimum absolute atomic E-state index is 0.283. The van der Waals surface area contributed by atoms with Gasteiger partial charge in [-0.05, 0) is 74.9 Å². The summed E-state index contributed by atoms with van der Waals surface area (Å²) in [6, 6.07) is 8.56. The topological polar surface area (TPSA) is 77.8 Å². The van der Waals surface area contributed by atoms with Gasteiger partial charge in [0.05, 0.1) is 22.3 Å². The number of pyridine rings is 2. The number of aryl methyl sites for hydroxylation is 2. The second-order valence-electron chi connectivity index (χ2n) is 13.1. The predicted molar refractivity (Wildman–Crippen MR) is 180 cm³/mol. The number of unbranched alkanes of at least 4 members (excludes halogenated alkanes) is 4. The highest BCUT2D eigenvalue weighted by molar-refractivity contribution is 5.73. The van der Waals surface area contributed by atoms with Crippen molar-refractivity contribution in [2.24, 2.45) is 11.5 Å². The molecule has 2 aromatic heterocycles. The number of nitrogens with zero attached hydrogens (tertiary/aromatic N) is 2. The minimum atomic E-state index is -4.99. The SMILES string of the molecule is N[C@@H](CCCCCc1ccc(-c2c(C(F)(F)F)cccc2C(F)(F)F)cn1)[C@@H](N)CCCCCc1ccc(-c2c(C(F)(F)F)cccc2C(F)(F)F)cn1. The molecule has 4 aromatic rings. The summed E-state index contributed by atoms with van der Waals surface area (Å²) in [5.74, 6) is 0. The van der Waals surface area contributed by atoms with Crippen molar-refractivity contribution in [2.45, 2.75) is 101 Å². The van der Waals surface area contributed by atoms with Crippen LogP contribution < -0.4 is 11.5 Å². The van der Waals surface area contributed by atoms with Crippen LogP contribution in [0.5, 0.6) is 0 Å². The van der Waals surface area contributed by atoms with Crippen LogP contribution in [-0.4, -0.2) is 22.1 Å². The average Bonchev–Trinajstić information content (AvgIpc) is 3.09. The molecule has 0 saturated carbocycles. The highest BCUT2D eigenvalue weighted by Crippen LogP contribution is 2.45. The van der Waals surface area contributed by atoms with Gasteiger partial charge >= 0.3 is 24.7 Å². The zero-order valence-electron chi connectivity index (χ0n) is 28.7. The fourth-order valence-corrected chi connectivity index (χ4v) is 6.27. The Morgan fingerprint density at radius 3 is 1.00 bits per heavy atom. The van der Waals surface area contributed by atoms with E-state index in [2.05, 4.69) is 9.97 Å². The van der Waals surface area contributed by atoms with Crippen LogP contribution in [0, 0.1) is 0 Å². The molecule has 294 valence electrons. The second kappa shape index (κ2) is 17.5. The molecular weight excluding hydrogens is 740 g/mol. The summed E-state index contributed by atoms with van der Waals surface area (Å²) in [7, 11) is 0. The monoisotopic (exact) mass is 778 g/mol. The molecule has 0 saturated heterocycles. The first-order chi connectivity index (χ1) is 25.2. The van der Waals surface area contributed by atoms with E-state index in [-0.39, 0.29) is 23.2 Å². The van der Waals surface area contributed by atoms with Crippen LogP contribution in [0.1, 0.15) is 85.0 Å². The van der Waals surface area contributed by atoms with E-state index < -0.39 is 58.1 Å². The first-order valence-electron chi connectivity index (χ1n) is 17.1.